The van der Waals surface area contributed by atoms with Gasteiger partial charge in [-0.25, -0.2) is 4.79 Å². The summed E-state index contributed by atoms with van der Waals surface area (Å²) in [6, 6.07) is 3.79. The van der Waals surface area contributed by atoms with Crippen LogP contribution >= 0.6 is 11.6 Å². The molecule has 0 fully saturated rings. The largest absolute Gasteiger partial charge is 0.462 e. The minimum atomic E-state index is -0.364. The molecule has 0 unspecified atom stereocenters. The molecule has 1 heterocycles. The van der Waals surface area contributed by atoms with Crippen LogP contribution in [-0.2, 0) is 4.74 Å². The average molecular weight is 321 g/mol. The van der Waals surface area contributed by atoms with Crippen molar-refractivity contribution < 1.29 is 9.53 Å². The first-order valence-corrected chi connectivity index (χ1v) is 7.92. The van der Waals surface area contributed by atoms with E-state index in [1.165, 1.54) is 0 Å². The Kier molecular flexibility index (Phi) is 5.24. The number of fused-ring (bicyclic) bond motifs is 1. The van der Waals surface area contributed by atoms with Crippen LogP contribution in [-0.4, -0.2) is 30.6 Å². The molecule has 118 valence electrons. The number of ether oxygens (including phenoxy) is 1. The Balaban J connectivity index is 2.83. The number of nitrogens with zero attached hydrogens (tertiary/aromatic N) is 2. The highest BCUT2D eigenvalue weighted by Gasteiger charge is 2.22. The van der Waals surface area contributed by atoms with E-state index in [-0.39, 0.29) is 5.97 Å². The summed E-state index contributed by atoms with van der Waals surface area (Å²) in [5, 5.41) is 1.41. The van der Waals surface area contributed by atoms with Gasteiger partial charge in [-0.2, -0.15) is 0 Å². The number of halogens is 1. The zero-order valence-corrected chi connectivity index (χ0v) is 14.2. The van der Waals surface area contributed by atoms with E-state index in [0.717, 1.165) is 35.2 Å². The summed E-state index contributed by atoms with van der Waals surface area (Å²) in [5.74, 6) is -0.364. The van der Waals surface area contributed by atoms with Crippen molar-refractivity contribution >= 4 is 34.2 Å². The summed E-state index contributed by atoms with van der Waals surface area (Å²) < 4.78 is 5.18. The summed E-state index contributed by atoms with van der Waals surface area (Å²) in [6.07, 6.45) is 1.59. The maximum Gasteiger partial charge on any atom is 0.341 e. The molecule has 2 rings (SSSR count). The van der Waals surface area contributed by atoms with Crippen LogP contribution in [0, 0.1) is 6.92 Å². The Labute approximate surface area is 136 Å². The van der Waals surface area contributed by atoms with Crippen molar-refractivity contribution in [2.24, 2.45) is 0 Å². The Hall–Kier alpha value is -1.81. The van der Waals surface area contributed by atoms with Crippen molar-refractivity contribution in [3.63, 3.8) is 0 Å². The van der Waals surface area contributed by atoms with E-state index >= 15 is 0 Å². The molecule has 2 aromatic rings. The monoisotopic (exact) mass is 320 g/mol. The molecule has 0 N–H and O–H groups in total. The van der Waals surface area contributed by atoms with Crippen LogP contribution in [0.1, 0.15) is 36.7 Å². The number of pyridine rings is 1. The molecule has 1 aromatic carbocycles. The lowest BCUT2D eigenvalue weighted by Gasteiger charge is -2.25. The second-order valence-corrected chi connectivity index (χ2v) is 5.41. The van der Waals surface area contributed by atoms with Gasteiger partial charge in [0.1, 0.15) is 5.56 Å². The van der Waals surface area contributed by atoms with E-state index in [9.17, 15) is 4.79 Å². The number of benzene rings is 1. The van der Waals surface area contributed by atoms with Gasteiger partial charge in [-0.15, -0.1) is 0 Å². The van der Waals surface area contributed by atoms with Gasteiger partial charge in [0.2, 0.25) is 0 Å². The number of esters is 1. The van der Waals surface area contributed by atoms with Crippen LogP contribution in [0.3, 0.4) is 0 Å². The second-order valence-electron chi connectivity index (χ2n) is 5.00. The van der Waals surface area contributed by atoms with Crippen LogP contribution in [0.15, 0.2) is 18.3 Å². The number of rotatable bonds is 5. The number of carbonyl (C=O) groups is 1. The third kappa shape index (κ3) is 2.88. The first kappa shape index (κ1) is 16.6. The number of hydrogen-bond donors (Lipinski definition) is 0. The minimum Gasteiger partial charge on any atom is -0.462 e. The quantitative estimate of drug-likeness (QED) is 0.774. The molecule has 0 bridgehead atoms. The SMILES string of the molecule is CCOC(=O)c1cnc2c(C)ccc(Cl)c2c1N(CC)CC. The molecule has 5 heteroatoms. The third-order valence-electron chi connectivity index (χ3n) is 3.72. The van der Waals surface area contributed by atoms with Gasteiger partial charge < -0.3 is 9.64 Å². The number of carbonyl (C=O) groups excluding carboxylic acids is 1. The van der Waals surface area contributed by atoms with Crippen LogP contribution in [0.4, 0.5) is 5.69 Å². The lowest BCUT2D eigenvalue weighted by molar-refractivity contribution is 0.0527. The molecule has 0 saturated carbocycles. The molecule has 22 heavy (non-hydrogen) atoms. The van der Waals surface area contributed by atoms with Gasteiger partial charge in [0, 0.05) is 24.7 Å². The maximum absolute atomic E-state index is 12.3. The molecule has 4 nitrogen and oxygen atoms in total. The van der Waals surface area contributed by atoms with Gasteiger partial charge in [-0.3, -0.25) is 4.98 Å². The van der Waals surface area contributed by atoms with Crippen molar-refractivity contribution in [1.82, 2.24) is 4.98 Å². The predicted octanol–water partition coefficient (Wildman–Crippen LogP) is 4.22. The predicted molar refractivity (Wildman–Crippen MR) is 91.0 cm³/mol. The molecular formula is C17H21ClN2O2. The molecule has 0 radical (unpaired) electrons. The van der Waals surface area contributed by atoms with E-state index < -0.39 is 0 Å². The molecule has 1 aromatic heterocycles. The lowest BCUT2D eigenvalue weighted by atomic mass is 10.0. The first-order valence-electron chi connectivity index (χ1n) is 7.54. The molecule has 0 aliphatic rings. The molecule has 0 saturated heterocycles. The Morgan fingerprint density at radius 2 is 1.95 bits per heavy atom. The number of hydrogen-bond acceptors (Lipinski definition) is 4. The van der Waals surface area contributed by atoms with E-state index in [0.29, 0.717) is 17.2 Å². The second kappa shape index (κ2) is 6.97. The fourth-order valence-electron chi connectivity index (χ4n) is 2.61. The van der Waals surface area contributed by atoms with Crippen molar-refractivity contribution in [1.29, 1.82) is 0 Å². The Morgan fingerprint density at radius 3 is 2.55 bits per heavy atom. The topological polar surface area (TPSA) is 42.4 Å². The maximum atomic E-state index is 12.3. The first-order chi connectivity index (χ1) is 10.5. The van der Waals surface area contributed by atoms with Crippen molar-refractivity contribution in [3.05, 3.63) is 34.5 Å². The van der Waals surface area contributed by atoms with Crippen molar-refractivity contribution in [2.45, 2.75) is 27.7 Å². The van der Waals surface area contributed by atoms with Gasteiger partial charge in [-0.1, -0.05) is 17.7 Å². The van der Waals surface area contributed by atoms with E-state index in [2.05, 4.69) is 9.88 Å². The highest BCUT2D eigenvalue weighted by molar-refractivity contribution is 6.37. The fraction of sp³-hybridized carbons (Fsp3) is 0.412. The Morgan fingerprint density at radius 1 is 1.27 bits per heavy atom. The highest BCUT2D eigenvalue weighted by atomic mass is 35.5. The van der Waals surface area contributed by atoms with Gasteiger partial charge >= 0.3 is 5.97 Å². The summed E-state index contributed by atoms with van der Waals surface area (Å²) >= 11 is 6.43. The molecule has 0 aliphatic heterocycles. The third-order valence-corrected chi connectivity index (χ3v) is 4.03. The van der Waals surface area contributed by atoms with Crippen molar-refractivity contribution in [2.75, 3.05) is 24.6 Å². The minimum absolute atomic E-state index is 0.329. The van der Waals surface area contributed by atoms with Crippen LogP contribution in [0.2, 0.25) is 5.02 Å². The van der Waals surface area contributed by atoms with Crippen LogP contribution < -0.4 is 4.90 Å². The zero-order chi connectivity index (χ0) is 16.3. The average Bonchev–Trinajstić information content (AvgIpc) is 2.52. The summed E-state index contributed by atoms with van der Waals surface area (Å²) in [4.78, 5) is 18.9. The number of anilines is 1. The Bertz CT molecular complexity index is 697. The normalized spacial score (nSPS) is 10.8. The van der Waals surface area contributed by atoms with Gasteiger partial charge in [0.15, 0.2) is 0 Å². The lowest BCUT2D eigenvalue weighted by Crippen LogP contribution is -2.25. The van der Waals surface area contributed by atoms with Gasteiger partial charge in [-0.05, 0) is 39.3 Å². The standard InChI is InChI=1S/C17H21ClN2O2/c1-5-20(6-2)16-12(17(21)22-7-3)10-19-15-11(4)8-9-13(18)14(15)16/h8-10H,5-7H2,1-4H3. The molecule has 0 spiro atoms. The summed E-state index contributed by atoms with van der Waals surface area (Å²) in [7, 11) is 0. The number of aryl methyl sites for hydroxylation is 1. The molecule has 0 aliphatic carbocycles. The fourth-order valence-corrected chi connectivity index (χ4v) is 2.86. The zero-order valence-electron chi connectivity index (χ0n) is 13.4. The van der Waals surface area contributed by atoms with Gasteiger partial charge in [0.25, 0.3) is 0 Å². The summed E-state index contributed by atoms with van der Waals surface area (Å²) in [5.41, 5.74) is 3.12. The van der Waals surface area contributed by atoms with Crippen molar-refractivity contribution in [3.8, 4) is 0 Å². The highest BCUT2D eigenvalue weighted by Crippen LogP contribution is 2.36. The van der Waals surface area contributed by atoms with E-state index in [1.807, 2.05) is 32.9 Å². The molecule has 0 amide bonds. The molecular weight excluding hydrogens is 300 g/mol. The smallest absolute Gasteiger partial charge is 0.341 e. The van der Waals surface area contributed by atoms with Crippen LogP contribution in [0.25, 0.3) is 10.9 Å². The number of aromatic nitrogens is 1. The van der Waals surface area contributed by atoms with E-state index in [1.54, 1.807) is 13.1 Å². The molecule has 0 atom stereocenters. The van der Waals surface area contributed by atoms with E-state index in [4.69, 9.17) is 16.3 Å². The van der Waals surface area contributed by atoms with Crippen LogP contribution in [0.5, 0.6) is 0 Å². The van der Waals surface area contributed by atoms with Gasteiger partial charge in [0.05, 0.1) is 22.8 Å². The summed E-state index contributed by atoms with van der Waals surface area (Å²) in [6.45, 7) is 9.75.